The molecular weight excluding hydrogens is 398 g/mol. The van der Waals surface area contributed by atoms with Gasteiger partial charge in [-0.3, -0.25) is 14.3 Å². The van der Waals surface area contributed by atoms with E-state index in [1.807, 2.05) is 47.7 Å². The quantitative estimate of drug-likeness (QED) is 0.652. The lowest BCUT2D eigenvalue weighted by molar-refractivity contribution is -0.132. The van der Waals surface area contributed by atoms with E-state index < -0.39 is 0 Å². The fourth-order valence-electron chi connectivity index (χ4n) is 3.97. The highest BCUT2D eigenvalue weighted by Gasteiger charge is 2.24. The van der Waals surface area contributed by atoms with Crippen LogP contribution in [0, 0.1) is 19.8 Å². The minimum Gasteiger partial charge on any atom is -0.343 e. The zero-order valence-corrected chi connectivity index (χ0v) is 18.2. The molecule has 2 amide bonds. The third kappa shape index (κ3) is 4.87. The van der Waals surface area contributed by atoms with Gasteiger partial charge in [0.15, 0.2) is 0 Å². The van der Waals surface area contributed by atoms with Crippen molar-refractivity contribution in [2.24, 2.45) is 5.92 Å². The Morgan fingerprint density at radius 3 is 2.73 bits per heavy atom. The molecule has 8 heteroatoms. The molecule has 4 rings (SSSR count). The summed E-state index contributed by atoms with van der Waals surface area (Å²) in [5.74, 6) is 0.521. The van der Waals surface area contributed by atoms with Crippen LogP contribution in [-0.2, 0) is 16.1 Å². The lowest BCUT2D eigenvalue weighted by Gasteiger charge is -2.32. The third-order valence-corrected chi connectivity index (χ3v) is 6.62. The van der Waals surface area contributed by atoms with Gasteiger partial charge in [-0.1, -0.05) is 0 Å². The highest BCUT2D eigenvalue weighted by molar-refractivity contribution is 7.18. The predicted molar refractivity (Wildman–Crippen MR) is 118 cm³/mol. The Bertz CT molecular complexity index is 1050. The Labute approximate surface area is 180 Å². The summed E-state index contributed by atoms with van der Waals surface area (Å²) < 4.78 is 2.95. The molecule has 3 heterocycles. The number of carbonyl (C=O) groups excluding carboxylic acids is 2. The van der Waals surface area contributed by atoms with Gasteiger partial charge in [-0.25, -0.2) is 4.98 Å². The van der Waals surface area contributed by atoms with Gasteiger partial charge >= 0.3 is 0 Å². The zero-order chi connectivity index (χ0) is 21.1. The maximum Gasteiger partial charge on any atom is 0.224 e. The van der Waals surface area contributed by atoms with Crippen molar-refractivity contribution in [2.75, 3.05) is 18.4 Å². The number of likely N-dealkylation sites (tertiary alicyclic amines) is 1. The summed E-state index contributed by atoms with van der Waals surface area (Å²) in [5.41, 5.74) is 2.85. The number of amides is 2. The fraction of sp³-hybridized carbons (Fsp3) is 0.455. The monoisotopic (exact) mass is 425 g/mol. The van der Waals surface area contributed by atoms with Crippen molar-refractivity contribution in [3.63, 3.8) is 0 Å². The first-order valence-electron chi connectivity index (χ1n) is 10.4. The van der Waals surface area contributed by atoms with Gasteiger partial charge in [0.25, 0.3) is 0 Å². The average Bonchev–Trinajstić information content (AvgIpc) is 3.30. The Kier molecular flexibility index (Phi) is 6.13. The van der Waals surface area contributed by atoms with Crippen LogP contribution in [0.25, 0.3) is 10.2 Å². The number of nitrogens with zero attached hydrogens (tertiary/aromatic N) is 4. The third-order valence-electron chi connectivity index (χ3n) is 5.69. The summed E-state index contributed by atoms with van der Waals surface area (Å²) in [4.78, 5) is 31.3. The van der Waals surface area contributed by atoms with E-state index in [1.165, 1.54) is 0 Å². The number of hydrogen-bond donors (Lipinski definition) is 1. The molecule has 0 bridgehead atoms. The topological polar surface area (TPSA) is 80.1 Å². The molecule has 1 N–H and O–H groups in total. The summed E-state index contributed by atoms with van der Waals surface area (Å²) in [7, 11) is 0. The number of nitrogens with one attached hydrogen (secondary N) is 1. The molecule has 3 aromatic rings. The van der Waals surface area contributed by atoms with E-state index in [4.69, 9.17) is 0 Å². The van der Waals surface area contributed by atoms with E-state index in [0.29, 0.717) is 25.3 Å². The minimum atomic E-state index is 0.0366. The molecule has 0 aliphatic carbocycles. The van der Waals surface area contributed by atoms with Crippen molar-refractivity contribution in [3.05, 3.63) is 41.2 Å². The van der Waals surface area contributed by atoms with Crippen LogP contribution in [0.1, 0.15) is 36.4 Å². The first-order chi connectivity index (χ1) is 14.5. The molecule has 1 fully saturated rings. The highest BCUT2D eigenvalue weighted by Crippen LogP contribution is 2.26. The van der Waals surface area contributed by atoms with Gasteiger partial charge in [0, 0.05) is 50.1 Å². The van der Waals surface area contributed by atoms with E-state index in [9.17, 15) is 9.59 Å². The van der Waals surface area contributed by atoms with Crippen molar-refractivity contribution in [1.29, 1.82) is 0 Å². The number of fused-ring (bicyclic) bond motifs is 1. The van der Waals surface area contributed by atoms with Crippen molar-refractivity contribution in [1.82, 2.24) is 19.7 Å². The average molecular weight is 426 g/mol. The molecule has 0 saturated carbocycles. The second-order valence-corrected chi connectivity index (χ2v) is 9.17. The number of hydrogen-bond acceptors (Lipinski definition) is 5. The molecule has 30 heavy (non-hydrogen) atoms. The number of benzene rings is 1. The van der Waals surface area contributed by atoms with Crippen LogP contribution in [0.3, 0.4) is 0 Å². The fourth-order valence-corrected chi connectivity index (χ4v) is 4.84. The van der Waals surface area contributed by atoms with E-state index in [2.05, 4.69) is 15.4 Å². The standard InChI is InChI=1S/C22H27N5O2S/c1-15-5-9-23-27(15)12-8-22(29)26-10-6-17(7-11-26)13-21(28)25-18-3-4-19-20(14-18)30-16(2)24-19/h3-5,9,14,17H,6-8,10-13H2,1-2H3,(H,25,28). The smallest absolute Gasteiger partial charge is 0.224 e. The Hall–Kier alpha value is -2.74. The zero-order valence-electron chi connectivity index (χ0n) is 17.4. The van der Waals surface area contributed by atoms with Gasteiger partial charge in [-0.15, -0.1) is 11.3 Å². The van der Waals surface area contributed by atoms with E-state index in [1.54, 1.807) is 17.5 Å². The molecule has 0 atom stereocenters. The number of piperidine rings is 1. The summed E-state index contributed by atoms with van der Waals surface area (Å²) >= 11 is 1.63. The summed E-state index contributed by atoms with van der Waals surface area (Å²) in [6.07, 6.45) is 4.45. The van der Waals surface area contributed by atoms with E-state index in [0.717, 1.165) is 52.5 Å². The summed E-state index contributed by atoms with van der Waals surface area (Å²) in [6, 6.07) is 7.78. The van der Waals surface area contributed by atoms with Crippen LogP contribution >= 0.6 is 11.3 Å². The highest BCUT2D eigenvalue weighted by atomic mass is 32.1. The molecule has 7 nitrogen and oxygen atoms in total. The predicted octanol–water partition coefficient (Wildman–Crippen LogP) is 3.77. The number of anilines is 1. The Morgan fingerprint density at radius 1 is 1.20 bits per heavy atom. The van der Waals surface area contributed by atoms with Crippen LogP contribution in [0.2, 0.25) is 0 Å². The maximum atomic E-state index is 12.5. The number of thiazole rings is 1. The van der Waals surface area contributed by atoms with Crippen LogP contribution in [0.5, 0.6) is 0 Å². The van der Waals surface area contributed by atoms with Crippen molar-refractivity contribution in [2.45, 2.75) is 46.1 Å². The number of aromatic nitrogens is 3. The first kappa shape index (κ1) is 20.5. The van der Waals surface area contributed by atoms with Gasteiger partial charge in [-0.05, 0) is 56.9 Å². The van der Waals surface area contributed by atoms with E-state index >= 15 is 0 Å². The molecule has 1 aromatic carbocycles. The minimum absolute atomic E-state index is 0.0366. The lowest BCUT2D eigenvalue weighted by atomic mass is 9.93. The molecule has 1 aliphatic heterocycles. The lowest BCUT2D eigenvalue weighted by Crippen LogP contribution is -2.39. The Morgan fingerprint density at radius 2 is 2.00 bits per heavy atom. The summed E-state index contributed by atoms with van der Waals surface area (Å²) in [5, 5.41) is 8.27. The number of rotatable bonds is 6. The van der Waals surface area contributed by atoms with Gasteiger partial charge in [0.1, 0.15) is 0 Å². The van der Waals surface area contributed by atoms with Crippen LogP contribution in [0.15, 0.2) is 30.5 Å². The molecular formula is C22H27N5O2S. The maximum absolute atomic E-state index is 12.5. The SMILES string of the molecule is Cc1nc2ccc(NC(=O)CC3CCN(C(=O)CCn4nccc4C)CC3)cc2s1. The summed E-state index contributed by atoms with van der Waals surface area (Å²) in [6.45, 7) is 6.04. The van der Waals surface area contributed by atoms with Gasteiger partial charge in [0.2, 0.25) is 11.8 Å². The normalized spacial score (nSPS) is 14.9. The van der Waals surface area contributed by atoms with Gasteiger partial charge in [0.05, 0.1) is 15.2 Å². The molecule has 158 valence electrons. The van der Waals surface area contributed by atoms with E-state index in [-0.39, 0.29) is 11.8 Å². The van der Waals surface area contributed by atoms with Crippen molar-refractivity contribution < 1.29 is 9.59 Å². The largest absolute Gasteiger partial charge is 0.343 e. The molecule has 1 aliphatic rings. The Balaban J connectivity index is 1.22. The van der Waals surface area contributed by atoms with Gasteiger partial charge < -0.3 is 10.2 Å². The van der Waals surface area contributed by atoms with Crippen molar-refractivity contribution >= 4 is 39.1 Å². The molecule has 2 aromatic heterocycles. The molecule has 0 unspecified atom stereocenters. The molecule has 0 radical (unpaired) electrons. The van der Waals surface area contributed by atoms with Crippen LogP contribution in [0.4, 0.5) is 5.69 Å². The number of carbonyl (C=O) groups is 2. The number of aryl methyl sites for hydroxylation is 3. The van der Waals surface area contributed by atoms with Crippen molar-refractivity contribution in [3.8, 4) is 0 Å². The van der Waals surface area contributed by atoms with Crippen LogP contribution in [-0.4, -0.2) is 44.6 Å². The van der Waals surface area contributed by atoms with Gasteiger partial charge in [-0.2, -0.15) is 5.10 Å². The molecule has 1 saturated heterocycles. The second-order valence-electron chi connectivity index (χ2n) is 7.94. The first-order valence-corrected chi connectivity index (χ1v) is 11.2. The second kappa shape index (κ2) is 8.95. The molecule has 0 spiro atoms. The van der Waals surface area contributed by atoms with Crippen LogP contribution < -0.4 is 5.32 Å².